The molecule has 0 aliphatic rings. The Morgan fingerprint density at radius 3 is 3.08 bits per heavy atom. The number of nitrogens with two attached hydrogens (primary N) is 1. The van der Waals surface area contributed by atoms with Gasteiger partial charge >= 0.3 is 0 Å². The van der Waals surface area contributed by atoms with E-state index >= 15 is 0 Å². The van der Waals surface area contributed by atoms with Crippen LogP contribution in [-0.2, 0) is 6.54 Å². The molecule has 68 valence electrons. The second-order valence-electron chi connectivity index (χ2n) is 2.74. The van der Waals surface area contributed by atoms with Crippen molar-refractivity contribution >= 4 is 0 Å². The third-order valence-corrected chi connectivity index (χ3v) is 1.83. The van der Waals surface area contributed by atoms with E-state index in [9.17, 15) is 4.39 Å². The molecule has 0 saturated carbocycles. The predicted octanol–water partition coefficient (Wildman–Crippen LogP) is 1.26. The van der Waals surface area contributed by atoms with E-state index in [4.69, 9.17) is 5.73 Å². The van der Waals surface area contributed by atoms with Crippen LogP contribution in [-0.4, -0.2) is 16.5 Å². The number of rotatable bonds is 4. The maximum Gasteiger partial charge on any atom is 0.109 e. The quantitative estimate of drug-likeness (QED) is 0.741. The Kier molecular flexibility index (Phi) is 3.22. The van der Waals surface area contributed by atoms with Crippen molar-refractivity contribution in [1.82, 2.24) is 9.78 Å². The van der Waals surface area contributed by atoms with Crippen LogP contribution in [0.1, 0.15) is 24.9 Å². The lowest BCUT2D eigenvalue weighted by Crippen LogP contribution is -2.07. The van der Waals surface area contributed by atoms with Crippen LogP contribution < -0.4 is 5.73 Å². The summed E-state index contributed by atoms with van der Waals surface area (Å²) in [6, 6.07) is 0.0263. The van der Waals surface area contributed by atoms with E-state index in [1.807, 2.05) is 6.92 Å². The molecule has 0 bridgehead atoms. The van der Waals surface area contributed by atoms with Crippen molar-refractivity contribution < 1.29 is 4.39 Å². The zero-order valence-electron chi connectivity index (χ0n) is 7.20. The third kappa shape index (κ3) is 2.04. The second-order valence-corrected chi connectivity index (χ2v) is 2.74. The summed E-state index contributed by atoms with van der Waals surface area (Å²) in [6.07, 6.45) is 4.37. The van der Waals surface area contributed by atoms with Gasteiger partial charge in [0, 0.05) is 17.8 Å². The SMILES string of the molecule is CCC(N)c1cnn(CCF)c1. The smallest absolute Gasteiger partial charge is 0.109 e. The van der Waals surface area contributed by atoms with Crippen LogP contribution in [0.3, 0.4) is 0 Å². The second kappa shape index (κ2) is 4.21. The van der Waals surface area contributed by atoms with Crippen molar-refractivity contribution in [3.63, 3.8) is 0 Å². The molecular formula is C8H14FN3. The summed E-state index contributed by atoms with van der Waals surface area (Å²) in [7, 11) is 0. The number of nitrogens with zero attached hydrogens (tertiary/aromatic N) is 2. The zero-order chi connectivity index (χ0) is 8.97. The molecule has 1 aromatic heterocycles. The third-order valence-electron chi connectivity index (χ3n) is 1.83. The lowest BCUT2D eigenvalue weighted by molar-refractivity contribution is 0.427. The van der Waals surface area contributed by atoms with Gasteiger partial charge in [-0.1, -0.05) is 6.92 Å². The van der Waals surface area contributed by atoms with E-state index < -0.39 is 0 Å². The van der Waals surface area contributed by atoms with Crippen LogP contribution in [0.5, 0.6) is 0 Å². The van der Waals surface area contributed by atoms with Gasteiger partial charge in [0.15, 0.2) is 0 Å². The van der Waals surface area contributed by atoms with Gasteiger partial charge in [0.1, 0.15) is 6.67 Å². The first-order valence-electron chi connectivity index (χ1n) is 4.11. The summed E-state index contributed by atoms with van der Waals surface area (Å²) in [5, 5.41) is 3.97. The van der Waals surface area contributed by atoms with Gasteiger partial charge in [0.2, 0.25) is 0 Å². The molecule has 1 atom stereocenters. The highest BCUT2D eigenvalue weighted by atomic mass is 19.1. The normalized spacial score (nSPS) is 13.2. The molecule has 0 fully saturated rings. The molecule has 1 aromatic rings. The topological polar surface area (TPSA) is 43.8 Å². The molecule has 0 radical (unpaired) electrons. The lowest BCUT2D eigenvalue weighted by Gasteiger charge is -2.03. The summed E-state index contributed by atoms with van der Waals surface area (Å²) in [5.41, 5.74) is 6.73. The summed E-state index contributed by atoms with van der Waals surface area (Å²) in [6.45, 7) is 1.94. The molecule has 12 heavy (non-hydrogen) atoms. The van der Waals surface area contributed by atoms with E-state index in [0.717, 1.165) is 12.0 Å². The van der Waals surface area contributed by atoms with Crippen molar-refractivity contribution in [1.29, 1.82) is 0 Å². The van der Waals surface area contributed by atoms with E-state index in [1.165, 1.54) is 0 Å². The maximum absolute atomic E-state index is 11.9. The van der Waals surface area contributed by atoms with Crippen LogP contribution in [0.4, 0.5) is 4.39 Å². The van der Waals surface area contributed by atoms with Gasteiger partial charge in [0.25, 0.3) is 0 Å². The van der Waals surface area contributed by atoms with Crippen molar-refractivity contribution in [2.75, 3.05) is 6.67 Å². The number of hydrogen-bond acceptors (Lipinski definition) is 2. The van der Waals surface area contributed by atoms with E-state index in [-0.39, 0.29) is 12.7 Å². The van der Waals surface area contributed by atoms with Crippen LogP contribution in [0.15, 0.2) is 12.4 Å². The standard InChI is InChI=1S/C8H14FN3/c1-2-8(10)7-5-11-12(6-7)4-3-9/h5-6,8H,2-4,10H2,1H3. The fraction of sp³-hybridized carbons (Fsp3) is 0.625. The van der Waals surface area contributed by atoms with Crippen molar-refractivity contribution in [3.8, 4) is 0 Å². The van der Waals surface area contributed by atoms with Gasteiger partial charge in [-0.25, -0.2) is 4.39 Å². The summed E-state index contributed by atoms with van der Waals surface area (Å²) < 4.78 is 13.5. The number of alkyl halides is 1. The van der Waals surface area contributed by atoms with Gasteiger partial charge in [-0.3, -0.25) is 4.68 Å². The van der Waals surface area contributed by atoms with Gasteiger partial charge < -0.3 is 5.73 Å². The first kappa shape index (κ1) is 9.19. The van der Waals surface area contributed by atoms with Crippen molar-refractivity contribution in [2.45, 2.75) is 25.9 Å². The van der Waals surface area contributed by atoms with Gasteiger partial charge in [-0.05, 0) is 6.42 Å². The molecule has 1 heterocycles. The molecule has 3 nitrogen and oxygen atoms in total. The van der Waals surface area contributed by atoms with Gasteiger partial charge in [0.05, 0.1) is 12.7 Å². The first-order valence-corrected chi connectivity index (χ1v) is 4.11. The monoisotopic (exact) mass is 171 g/mol. The zero-order valence-corrected chi connectivity index (χ0v) is 7.20. The highest BCUT2D eigenvalue weighted by molar-refractivity contribution is 5.08. The molecule has 1 unspecified atom stereocenters. The summed E-state index contributed by atoms with van der Waals surface area (Å²) in [5.74, 6) is 0. The van der Waals surface area contributed by atoms with Crippen molar-refractivity contribution in [2.24, 2.45) is 5.73 Å². The molecule has 0 spiro atoms. The highest BCUT2D eigenvalue weighted by Crippen LogP contribution is 2.11. The first-order chi connectivity index (χ1) is 5.77. The summed E-state index contributed by atoms with van der Waals surface area (Å²) in [4.78, 5) is 0. The molecule has 2 N–H and O–H groups in total. The van der Waals surface area contributed by atoms with Crippen LogP contribution >= 0.6 is 0 Å². The van der Waals surface area contributed by atoms with Gasteiger partial charge in [-0.15, -0.1) is 0 Å². The van der Waals surface area contributed by atoms with Gasteiger partial charge in [-0.2, -0.15) is 5.10 Å². The Labute approximate surface area is 71.4 Å². The minimum absolute atomic E-state index is 0.0263. The molecule has 0 saturated heterocycles. The number of aromatic nitrogens is 2. The van der Waals surface area contributed by atoms with E-state index in [0.29, 0.717) is 6.54 Å². The molecule has 0 aliphatic carbocycles. The van der Waals surface area contributed by atoms with E-state index in [2.05, 4.69) is 5.10 Å². The molecule has 0 amide bonds. The van der Waals surface area contributed by atoms with Crippen molar-refractivity contribution in [3.05, 3.63) is 18.0 Å². The number of aryl methyl sites for hydroxylation is 1. The Morgan fingerprint density at radius 2 is 2.50 bits per heavy atom. The Morgan fingerprint density at radius 1 is 1.75 bits per heavy atom. The van der Waals surface area contributed by atoms with Crippen LogP contribution in [0.25, 0.3) is 0 Å². The predicted molar refractivity (Wildman–Crippen MR) is 45.4 cm³/mol. The molecule has 4 heteroatoms. The average molecular weight is 171 g/mol. The lowest BCUT2D eigenvalue weighted by atomic mass is 10.1. The maximum atomic E-state index is 11.9. The fourth-order valence-corrected chi connectivity index (χ4v) is 1.02. The minimum Gasteiger partial charge on any atom is -0.324 e. The van der Waals surface area contributed by atoms with Crippen LogP contribution in [0.2, 0.25) is 0 Å². The molecule has 0 aromatic carbocycles. The average Bonchev–Trinajstić information content (AvgIpc) is 2.52. The summed E-state index contributed by atoms with van der Waals surface area (Å²) >= 11 is 0. The van der Waals surface area contributed by atoms with Crippen LogP contribution in [0, 0.1) is 0 Å². The minimum atomic E-state index is -0.386. The number of hydrogen-bond donors (Lipinski definition) is 1. The molecule has 0 aliphatic heterocycles. The fourth-order valence-electron chi connectivity index (χ4n) is 1.02. The highest BCUT2D eigenvalue weighted by Gasteiger charge is 2.05. The number of halogens is 1. The Balaban J connectivity index is 2.63. The largest absolute Gasteiger partial charge is 0.324 e. The Hall–Kier alpha value is -0.900. The van der Waals surface area contributed by atoms with E-state index in [1.54, 1.807) is 17.1 Å². The molecule has 1 rings (SSSR count). The Bertz CT molecular complexity index is 234. The molecular weight excluding hydrogens is 157 g/mol.